The Bertz CT molecular complexity index is 596. The molecule has 2 heterocycles. The topological polar surface area (TPSA) is 66.3 Å². The van der Waals surface area contributed by atoms with Crippen LogP contribution in [-0.4, -0.2) is 80.8 Å². The molecule has 2 aliphatic rings. The highest BCUT2D eigenvalue weighted by Crippen LogP contribution is 2.13. The lowest BCUT2D eigenvalue weighted by atomic mass is 10.3. The molecule has 3 amide bonds. The van der Waals surface area contributed by atoms with E-state index in [9.17, 15) is 9.59 Å². The highest BCUT2D eigenvalue weighted by Gasteiger charge is 2.28. The van der Waals surface area contributed by atoms with Crippen molar-refractivity contribution in [3.05, 3.63) is 28.7 Å². The number of hydrogen-bond donors (Lipinski definition) is 2. The van der Waals surface area contributed by atoms with Gasteiger partial charge in [-0.1, -0.05) is 15.9 Å². The van der Waals surface area contributed by atoms with Gasteiger partial charge in [0.15, 0.2) is 6.54 Å². The van der Waals surface area contributed by atoms with Gasteiger partial charge in [-0.25, -0.2) is 4.79 Å². The number of quaternary nitrogens is 1. The van der Waals surface area contributed by atoms with Crippen LogP contribution < -0.4 is 10.2 Å². The Morgan fingerprint density at radius 3 is 2.28 bits per heavy atom. The first kappa shape index (κ1) is 18.2. The Morgan fingerprint density at radius 2 is 1.64 bits per heavy atom. The van der Waals surface area contributed by atoms with Crippen LogP contribution in [0.25, 0.3) is 0 Å². The highest BCUT2D eigenvalue weighted by molar-refractivity contribution is 9.10. The van der Waals surface area contributed by atoms with E-state index in [0.29, 0.717) is 45.9 Å². The van der Waals surface area contributed by atoms with Crippen LogP contribution in [0.3, 0.4) is 0 Å². The van der Waals surface area contributed by atoms with Crippen LogP contribution in [0.1, 0.15) is 0 Å². The molecule has 2 aliphatic heterocycles. The Labute approximate surface area is 156 Å². The number of ether oxygens (including phenoxy) is 1. The molecule has 0 bridgehead atoms. The summed E-state index contributed by atoms with van der Waals surface area (Å²) in [6.07, 6.45) is 0. The molecule has 3 rings (SSSR count). The van der Waals surface area contributed by atoms with Crippen LogP contribution in [0, 0.1) is 0 Å². The van der Waals surface area contributed by atoms with E-state index >= 15 is 0 Å². The summed E-state index contributed by atoms with van der Waals surface area (Å²) in [6, 6.07) is 7.64. The molecule has 0 aromatic heterocycles. The molecule has 2 N–H and O–H groups in total. The Morgan fingerprint density at radius 1 is 1.04 bits per heavy atom. The van der Waals surface area contributed by atoms with Gasteiger partial charge in [0.2, 0.25) is 0 Å². The number of carbonyl (C=O) groups is 2. The maximum atomic E-state index is 12.5. The van der Waals surface area contributed by atoms with E-state index in [1.165, 1.54) is 4.90 Å². The second-order valence-corrected chi connectivity index (χ2v) is 7.27. The molecule has 0 spiro atoms. The van der Waals surface area contributed by atoms with Gasteiger partial charge in [0.05, 0.1) is 39.4 Å². The number of rotatable bonds is 3. The van der Waals surface area contributed by atoms with Gasteiger partial charge in [0, 0.05) is 23.2 Å². The third-order valence-corrected chi connectivity index (χ3v) is 5.09. The van der Waals surface area contributed by atoms with E-state index in [1.54, 1.807) is 0 Å². The number of morpholine rings is 1. The molecule has 0 atom stereocenters. The fourth-order valence-electron chi connectivity index (χ4n) is 3.11. The fraction of sp³-hybridized carbons (Fsp3) is 0.529. The third kappa shape index (κ3) is 5.17. The van der Waals surface area contributed by atoms with Crippen molar-refractivity contribution in [1.29, 1.82) is 0 Å². The number of nitrogens with zero attached hydrogens (tertiary/aromatic N) is 2. The summed E-state index contributed by atoms with van der Waals surface area (Å²) in [7, 11) is 0. The molecule has 1 aromatic carbocycles. The quantitative estimate of drug-likeness (QED) is 0.737. The van der Waals surface area contributed by atoms with Gasteiger partial charge in [-0.05, 0) is 24.3 Å². The minimum Gasteiger partial charge on any atom is -0.378 e. The van der Waals surface area contributed by atoms with E-state index in [0.717, 1.165) is 23.2 Å². The second-order valence-electron chi connectivity index (χ2n) is 6.35. The lowest BCUT2D eigenvalue weighted by molar-refractivity contribution is -0.895. The monoisotopic (exact) mass is 411 g/mol. The molecule has 0 aliphatic carbocycles. The van der Waals surface area contributed by atoms with Gasteiger partial charge >= 0.3 is 6.03 Å². The number of benzene rings is 1. The Balaban J connectivity index is 1.41. The van der Waals surface area contributed by atoms with Crippen molar-refractivity contribution in [2.75, 3.05) is 64.3 Å². The summed E-state index contributed by atoms with van der Waals surface area (Å²) < 4.78 is 6.27. The van der Waals surface area contributed by atoms with Crippen molar-refractivity contribution in [2.45, 2.75) is 0 Å². The first-order valence-corrected chi connectivity index (χ1v) is 9.42. The summed E-state index contributed by atoms with van der Waals surface area (Å²) in [5.74, 6) is 0.00489. The second kappa shape index (κ2) is 8.64. The summed E-state index contributed by atoms with van der Waals surface area (Å²) in [4.78, 5) is 29.6. The predicted molar refractivity (Wildman–Crippen MR) is 97.7 cm³/mol. The lowest BCUT2D eigenvalue weighted by Gasteiger charge is -2.36. The fourth-order valence-corrected chi connectivity index (χ4v) is 3.38. The molecule has 2 saturated heterocycles. The average molecular weight is 412 g/mol. The van der Waals surface area contributed by atoms with Crippen molar-refractivity contribution in [1.82, 2.24) is 9.80 Å². The summed E-state index contributed by atoms with van der Waals surface area (Å²) in [5, 5.41) is 2.92. The van der Waals surface area contributed by atoms with Gasteiger partial charge in [-0.3, -0.25) is 4.79 Å². The normalized spacial score (nSPS) is 18.9. The Hall–Kier alpha value is -1.64. The van der Waals surface area contributed by atoms with Gasteiger partial charge in [-0.15, -0.1) is 0 Å². The number of halogens is 1. The van der Waals surface area contributed by atoms with Crippen LogP contribution in [0.2, 0.25) is 0 Å². The molecule has 2 fully saturated rings. The SMILES string of the molecule is O=C(C[NH+]1CCN(C(=O)N2CCOCC2)CC1)Nc1ccc(Br)cc1. The molecule has 1 aromatic rings. The number of piperazine rings is 1. The van der Waals surface area contributed by atoms with E-state index in [4.69, 9.17) is 4.74 Å². The van der Waals surface area contributed by atoms with Gasteiger partial charge in [0.1, 0.15) is 0 Å². The van der Waals surface area contributed by atoms with Crippen molar-refractivity contribution in [3.63, 3.8) is 0 Å². The molecule has 0 unspecified atom stereocenters. The summed E-state index contributed by atoms with van der Waals surface area (Å²) >= 11 is 3.38. The van der Waals surface area contributed by atoms with Gasteiger partial charge in [0.25, 0.3) is 5.91 Å². The number of amides is 3. The molecule has 0 radical (unpaired) electrons. The molecular formula is C17H24BrN4O3+. The Kier molecular flexibility index (Phi) is 6.28. The van der Waals surface area contributed by atoms with E-state index in [1.807, 2.05) is 34.1 Å². The molecule has 0 saturated carbocycles. The zero-order chi connectivity index (χ0) is 17.6. The largest absolute Gasteiger partial charge is 0.378 e. The summed E-state index contributed by atoms with van der Waals surface area (Å²) in [6.45, 7) is 5.97. The van der Waals surface area contributed by atoms with Crippen molar-refractivity contribution in [3.8, 4) is 0 Å². The zero-order valence-corrected chi connectivity index (χ0v) is 15.8. The van der Waals surface area contributed by atoms with Crippen LogP contribution in [0.15, 0.2) is 28.7 Å². The van der Waals surface area contributed by atoms with Crippen LogP contribution in [0.4, 0.5) is 10.5 Å². The molecule has 25 heavy (non-hydrogen) atoms. The predicted octanol–water partition coefficient (Wildman–Crippen LogP) is 0.0403. The van der Waals surface area contributed by atoms with E-state index in [-0.39, 0.29) is 11.9 Å². The maximum absolute atomic E-state index is 12.5. The number of nitrogens with one attached hydrogen (secondary N) is 2. The van der Waals surface area contributed by atoms with Crippen molar-refractivity contribution in [2.24, 2.45) is 0 Å². The van der Waals surface area contributed by atoms with E-state index in [2.05, 4.69) is 21.2 Å². The zero-order valence-electron chi connectivity index (χ0n) is 14.2. The van der Waals surface area contributed by atoms with Gasteiger partial charge < -0.3 is 24.8 Å². The third-order valence-electron chi connectivity index (χ3n) is 4.56. The first-order valence-electron chi connectivity index (χ1n) is 8.62. The minimum atomic E-state index is 0.00489. The van der Waals surface area contributed by atoms with E-state index < -0.39 is 0 Å². The molecule has 8 heteroatoms. The molecular weight excluding hydrogens is 388 g/mol. The van der Waals surface area contributed by atoms with Crippen molar-refractivity contribution < 1.29 is 19.2 Å². The number of hydrogen-bond acceptors (Lipinski definition) is 3. The van der Waals surface area contributed by atoms with Gasteiger partial charge in [-0.2, -0.15) is 0 Å². The number of carbonyl (C=O) groups excluding carboxylic acids is 2. The van der Waals surface area contributed by atoms with Crippen LogP contribution in [-0.2, 0) is 9.53 Å². The first-order chi connectivity index (χ1) is 12.1. The highest BCUT2D eigenvalue weighted by atomic mass is 79.9. The minimum absolute atomic E-state index is 0.00489. The summed E-state index contributed by atoms with van der Waals surface area (Å²) in [5.41, 5.74) is 0.800. The number of urea groups is 1. The van der Waals surface area contributed by atoms with Crippen LogP contribution in [0.5, 0.6) is 0 Å². The van der Waals surface area contributed by atoms with Crippen LogP contribution >= 0.6 is 15.9 Å². The number of anilines is 1. The maximum Gasteiger partial charge on any atom is 0.320 e. The lowest BCUT2D eigenvalue weighted by Crippen LogP contribution is -3.15. The average Bonchev–Trinajstić information content (AvgIpc) is 2.64. The smallest absolute Gasteiger partial charge is 0.320 e. The molecule has 136 valence electrons. The standard InChI is InChI=1S/C17H23BrN4O3/c18-14-1-3-15(4-2-14)19-16(23)13-20-5-7-21(8-6-20)17(24)22-9-11-25-12-10-22/h1-4H,5-13H2,(H,19,23)/p+1. The van der Waals surface area contributed by atoms with Crippen molar-refractivity contribution >= 4 is 33.6 Å². The molecule has 7 nitrogen and oxygen atoms in total.